The van der Waals surface area contributed by atoms with Crippen LogP contribution in [-0.4, -0.2) is 53.3 Å². The number of likely N-dealkylation sites (N-methyl/N-ethyl adjacent to an activating group) is 1. The fraction of sp³-hybridized carbons (Fsp3) is 0.727. The SMILES string of the molecule is Cc1nc(CN(C)C(=O)[C@H]2NCCO[C@@H]2C)no1.Cl. The first-order valence-electron chi connectivity index (χ1n) is 5.97. The molecule has 0 radical (unpaired) electrons. The number of carbonyl (C=O) groups excluding carboxylic acids is 1. The summed E-state index contributed by atoms with van der Waals surface area (Å²) in [6.07, 6.45) is -0.124. The summed E-state index contributed by atoms with van der Waals surface area (Å²) in [5, 5.41) is 6.93. The van der Waals surface area contributed by atoms with E-state index in [-0.39, 0.29) is 30.5 Å². The van der Waals surface area contributed by atoms with Gasteiger partial charge >= 0.3 is 0 Å². The maximum Gasteiger partial charge on any atom is 0.242 e. The van der Waals surface area contributed by atoms with Crippen LogP contribution in [0.2, 0.25) is 0 Å². The molecule has 8 heteroatoms. The normalized spacial score (nSPS) is 22.7. The second kappa shape index (κ2) is 6.83. The third-order valence-corrected chi connectivity index (χ3v) is 2.91. The van der Waals surface area contributed by atoms with Crippen LogP contribution in [0, 0.1) is 6.92 Å². The monoisotopic (exact) mass is 290 g/mol. The Hall–Kier alpha value is -1.18. The van der Waals surface area contributed by atoms with Crippen molar-refractivity contribution in [2.45, 2.75) is 32.5 Å². The van der Waals surface area contributed by atoms with Crippen molar-refractivity contribution >= 4 is 18.3 Å². The molecule has 2 rings (SSSR count). The van der Waals surface area contributed by atoms with E-state index in [0.717, 1.165) is 0 Å². The van der Waals surface area contributed by atoms with Crippen molar-refractivity contribution in [2.75, 3.05) is 20.2 Å². The van der Waals surface area contributed by atoms with Gasteiger partial charge in [0.2, 0.25) is 11.8 Å². The van der Waals surface area contributed by atoms with Crippen LogP contribution >= 0.6 is 12.4 Å². The topological polar surface area (TPSA) is 80.5 Å². The quantitative estimate of drug-likeness (QED) is 0.853. The lowest BCUT2D eigenvalue weighted by atomic mass is 10.1. The highest BCUT2D eigenvalue weighted by Gasteiger charge is 2.30. The molecule has 0 aliphatic carbocycles. The molecule has 1 amide bonds. The van der Waals surface area contributed by atoms with Crippen LogP contribution in [0.3, 0.4) is 0 Å². The number of nitrogens with zero attached hydrogens (tertiary/aromatic N) is 3. The van der Waals surface area contributed by atoms with Crippen LogP contribution in [0.5, 0.6) is 0 Å². The maximum absolute atomic E-state index is 12.2. The van der Waals surface area contributed by atoms with Crippen molar-refractivity contribution in [3.63, 3.8) is 0 Å². The first-order chi connectivity index (χ1) is 8.58. The highest BCUT2D eigenvalue weighted by molar-refractivity contribution is 5.85. The van der Waals surface area contributed by atoms with E-state index in [0.29, 0.717) is 31.4 Å². The number of ether oxygens (including phenoxy) is 1. The molecule has 2 heterocycles. The Labute approximate surface area is 118 Å². The number of aryl methyl sites for hydroxylation is 1. The van der Waals surface area contributed by atoms with E-state index < -0.39 is 0 Å². The fourth-order valence-electron chi connectivity index (χ4n) is 1.94. The molecule has 19 heavy (non-hydrogen) atoms. The molecule has 1 N–H and O–H groups in total. The number of hydrogen-bond acceptors (Lipinski definition) is 6. The molecule has 0 bridgehead atoms. The number of hydrogen-bond donors (Lipinski definition) is 1. The summed E-state index contributed by atoms with van der Waals surface area (Å²) in [5.41, 5.74) is 0. The fourth-order valence-corrected chi connectivity index (χ4v) is 1.94. The summed E-state index contributed by atoms with van der Waals surface area (Å²) in [4.78, 5) is 17.9. The molecule has 2 atom stereocenters. The first kappa shape index (κ1) is 15.9. The molecule has 1 aromatic heterocycles. The Balaban J connectivity index is 0.00000180. The van der Waals surface area contributed by atoms with Gasteiger partial charge in [0.15, 0.2) is 5.82 Å². The highest BCUT2D eigenvalue weighted by atomic mass is 35.5. The smallest absolute Gasteiger partial charge is 0.242 e. The molecule has 0 saturated carbocycles. The average Bonchev–Trinajstić information content (AvgIpc) is 2.74. The van der Waals surface area contributed by atoms with E-state index >= 15 is 0 Å². The summed E-state index contributed by atoms with van der Waals surface area (Å²) >= 11 is 0. The van der Waals surface area contributed by atoms with Crippen LogP contribution in [0.1, 0.15) is 18.6 Å². The van der Waals surface area contributed by atoms with Gasteiger partial charge in [0.05, 0.1) is 19.3 Å². The second-order valence-corrected chi connectivity index (χ2v) is 4.43. The molecule has 7 nitrogen and oxygen atoms in total. The third-order valence-electron chi connectivity index (χ3n) is 2.91. The van der Waals surface area contributed by atoms with Crippen molar-refractivity contribution < 1.29 is 14.1 Å². The van der Waals surface area contributed by atoms with Crippen molar-refractivity contribution in [1.82, 2.24) is 20.4 Å². The number of morpholine rings is 1. The van der Waals surface area contributed by atoms with Crippen molar-refractivity contribution in [3.05, 3.63) is 11.7 Å². The molecule has 0 unspecified atom stereocenters. The molecule has 0 spiro atoms. The summed E-state index contributed by atoms with van der Waals surface area (Å²) in [7, 11) is 1.72. The summed E-state index contributed by atoms with van der Waals surface area (Å²) in [5.74, 6) is 0.982. The molecule has 1 aromatic rings. The summed E-state index contributed by atoms with van der Waals surface area (Å²) in [6.45, 7) is 5.27. The van der Waals surface area contributed by atoms with Gasteiger partial charge in [0, 0.05) is 20.5 Å². The minimum Gasteiger partial charge on any atom is -0.375 e. The van der Waals surface area contributed by atoms with E-state index in [1.807, 2.05) is 6.92 Å². The predicted octanol–water partition coefficient (Wildman–Crippen LogP) is 0.135. The largest absolute Gasteiger partial charge is 0.375 e. The van der Waals surface area contributed by atoms with Gasteiger partial charge in [-0.15, -0.1) is 12.4 Å². The van der Waals surface area contributed by atoms with Gasteiger partial charge in [0.25, 0.3) is 0 Å². The predicted molar refractivity (Wildman–Crippen MR) is 70.0 cm³/mol. The number of aromatic nitrogens is 2. The van der Waals surface area contributed by atoms with Gasteiger partial charge < -0.3 is 19.5 Å². The average molecular weight is 291 g/mol. The van der Waals surface area contributed by atoms with Gasteiger partial charge in [-0.25, -0.2) is 0 Å². The zero-order chi connectivity index (χ0) is 13.1. The van der Waals surface area contributed by atoms with E-state index in [9.17, 15) is 4.79 Å². The van der Waals surface area contributed by atoms with Gasteiger partial charge in [-0.1, -0.05) is 5.16 Å². The lowest BCUT2D eigenvalue weighted by molar-refractivity contribution is -0.138. The second-order valence-electron chi connectivity index (χ2n) is 4.43. The number of carbonyl (C=O) groups is 1. The third kappa shape index (κ3) is 3.89. The molecule has 1 aliphatic rings. The van der Waals surface area contributed by atoms with Crippen molar-refractivity contribution in [2.24, 2.45) is 0 Å². The molecule has 1 saturated heterocycles. The number of nitrogens with one attached hydrogen (secondary N) is 1. The van der Waals surface area contributed by atoms with Crippen LogP contribution < -0.4 is 5.32 Å². The van der Waals surface area contributed by atoms with E-state index in [2.05, 4.69) is 15.5 Å². The molecular weight excluding hydrogens is 272 g/mol. The Kier molecular flexibility index (Phi) is 5.71. The molecule has 1 aliphatic heterocycles. The van der Waals surface area contributed by atoms with Crippen molar-refractivity contribution in [1.29, 1.82) is 0 Å². The van der Waals surface area contributed by atoms with Crippen LogP contribution in [0.25, 0.3) is 0 Å². The van der Waals surface area contributed by atoms with E-state index in [1.165, 1.54) is 0 Å². The van der Waals surface area contributed by atoms with E-state index in [4.69, 9.17) is 9.26 Å². The number of amides is 1. The van der Waals surface area contributed by atoms with Gasteiger partial charge in [-0.3, -0.25) is 4.79 Å². The summed E-state index contributed by atoms with van der Waals surface area (Å²) < 4.78 is 10.3. The van der Waals surface area contributed by atoms with Crippen LogP contribution in [-0.2, 0) is 16.1 Å². The molecule has 108 valence electrons. The number of halogens is 1. The Morgan fingerprint density at radius 3 is 2.89 bits per heavy atom. The van der Waals surface area contributed by atoms with Gasteiger partial charge in [-0.2, -0.15) is 4.98 Å². The number of rotatable bonds is 3. The van der Waals surface area contributed by atoms with Crippen molar-refractivity contribution in [3.8, 4) is 0 Å². The molecule has 0 aromatic carbocycles. The molecule has 1 fully saturated rings. The highest BCUT2D eigenvalue weighted by Crippen LogP contribution is 2.08. The van der Waals surface area contributed by atoms with Crippen LogP contribution in [0.4, 0.5) is 0 Å². The Morgan fingerprint density at radius 2 is 2.32 bits per heavy atom. The lowest BCUT2D eigenvalue weighted by Gasteiger charge is -2.31. The summed E-state index contributed by atoms with van der Waals surface area (Å²) in [6, 6.07) is -0.309. The minimum atomic E-state index is -0.309. The lowest BCUT2D eigenvalue weighted by Crippen LogP contribution is -2.55. The Morgan fingerprint density at radius 1 is 1.58 bits per heavy atom. The first-order valence-corrected chi connectivity index (χ1v) is 5.97. The van der Waals surface area contributed by atoms with E-state index in [1.54, 1.807) is 18.9 Å². The van der Waals surface area contributed by atoms with Gasteiger partial charge in [0.1, 0.15) is 6.04 Å². The Bertz CT molecular complexity index is 426. The zero-order valence-electron chi connectivity index (χ0n) is 11.3. The minimum absolute atomic E-state index is 0. The van der Waals surface area contributed by atoms with Crippen LogP contribution in [0.15, 0.2) is 4.52 Å². The van der Waals surface area contributed by atoms with Gasteiger partial charge in [-0.05, 0) is 6.92 Å². The molecular formula is C11H19ClN4O3. The maximum atomic E-state index is 12.2. The standard InChI is InChI=1S/C11H18N4O3.ClH/c1-7-10(12-4-5-17-7)11(16)15(3)6-9-13-8(2)18-14-9;/h7,10,12H,4-6H2,1-3H3;1H/t7-,10+;/m1./s1. The zero-order valence-corrected chi connectivity index (χ0v) is 12.1.